The molecule has 0 radical (unpaired) electrons. The van der Waals surface area contributed by atoms with Gasteiger partial charge in [-0.3, -0.25) is 4.79 Å². The van der Waals surface area contributed by atoms with Crippen molar-refractivity contribution in [2.45, 2.75) is 18.9 Å². The van der Waals surface area contributed by atoms with Gasteiger partial charge in [0.1, 0.15) is 5.75 Å². The highest BCUT2D eigenvalue weighted by atomic mass is 16.5. The first kappa shape index (κ1) is 13.7. The highest BCUT2D eigenvalue weighted by molar-refractivity contribution is 5.66. The molecule has 0 aliphatic carbocycles. The van der Waals surface area contributed by atoms with Gasteiger partial charge in [0, 0.05) is 37.4 Å². The molecule has 2 N–H and O–H groups in total. The molecule has 1 aliphatic heterocycles. The van der Waals surface area contributed by atoms with E-state index in [0.717, 1.165) is 30.9 Å². The van der Waals surface area contributed by atoms with Crippen molar-refractivity contribution < 1.29 is 14.6 Å². The summed E-state index contributed by atoms with van der Waals surface area (Å²) in [6.45, 7) is 2.43. The molecule has 1 saturated heterocycles. The van der Waals surface area contributed by atoms with Crippen LogP contribution in [-0.2, 0) is 4.79 Å². The first-order valence-electron chi connectivity index (χ1n) is 6.53. The van der Waals surface area contributed by atoms with E-state index >= 15 is 0 Å². The Hall–Kier alpha value is -1.75. The van der Waals surface area contributed by atoms with Crippen molar-refractivity contribution >= 4 is 11.7 Å². The summed E-state index contributed by atoms with van der Waals surface area (Å²) in [4.78, 5) is 12.8. The Balaban J connectivity index is 1.85. The first-order chi connectivity index (χ1) is 9.19. The lowest BCUT2D eigenvalue weighted by Gasteiger charge is -2.19. The highest BCUT2D eigenvalue weighted by Crippen LogP contribution is 2.24. The molecule has 0 bridgehead atoms. The van der Waals surface area contributed by atoms with E-state index in [4.69, 9.17) is 9.84 Å². The van der Waals surface area contributed by atoms with Gasteiger partial charge in [0.25, 0.3) is 0 Å². The van der Waals surface area contributed by atoms with Crippen molar-refractivity contribution in [3.05, 3.63) is 24.3 Å². The molecule has 0 spiro atoms. The number of hydrogen-bond donors (Lipinski definition) is 2. The van der Waals surface area contributed by atoms with Gasteiger partial charge in [0.05, 0.1) is 13.5 Å². The number of aliphatic carboxylic acids is 1. The number of carboxylic acid groups (broad SMARTS) is 1. The largest absolute Gasteiger partial charge is 0.497 e. The number of nitrogens with one attached hydrogen (secondary N) is 1. The third-order valence-electron chi connectivity index (χ3n) is 3.38. The SMILES string of the molecule is COc1cccc(N2CCC(NCCC(=O)O)C2)c1. The van der Waals surface area contributed by atoms with E-state index in [1.807, 2.05) is 18.2 Å². The molecule has 2 rings (SSSR count). The van der Waals surface area contributed by atoms with Crippen molar-refractivity contribution in [3.63, 3.8) is 0 Å². The van der Waals surface area contributed by atoms with E-state index in [-0.39, 0.29) is 6.42 Å². The van der Waals surface area contributed by atoms with Crippen LogP contribution in [0.3, 0.4) is 0 Å². The lowest BCUT2D eigenvalue weighted by Crippen LogP contribution is -2.33. The molecule has 104 valence electrons. The van der Waals surface area contributed by atoms with Gasteiger partial charge in [0.15, 0.2) is 0 Å². The van der Waals surface area contributed by atoms with E-state index in [0.29, 0.717) is 12.6 Å². The predicted molar refractivity (Wildman–Crippen MR) is 73.9 cm³/mol. The fourth-order valence-electron chi connectivity index (χ4n) is 2.35. The van der Waals surface area contributed by atoms with Gasteiger partial charge >= 0.3 is 5.97 Å². The molecular weight excluding hydrogens is 244 g/mol. The Kier molecular flexibility index (Phi) is 4.63. The quantitative estimate of drug-likeness (QED) is 0.812. The highest BCUT2D eigenvalue weighted by Gasteiger charge is 2.22. The van der Waals surface area contributed by atoms with Gasteiger partial charge in [-0.2, -0.15) is 0 Å². The van der Waals surface area contributed by atoms with Crippen LogP contribution in [0.5, 0.6) is 5.75 Å². The Morgan fingerprint density at radius 3 is 3.16 bits per heavy atom. The number of carboxylic acids is 1. The molecule has 1 aromatic rings. The Bertz CT molecular complexity index is 436. The zero-order chi connectivity index (χ0) is 13.7. The molecule has 5 nitrogen and oxygen atoms in total. The normalized spacial score (nSPS) is 18.6. The number of nitrogens with zero attached hydrogens (tertiary/aromatic N) is 1. The molecular formula is C14H20N2O3. The van der Waals surface area contributed by atoms with Crippen LogP contribution in [0.15, 0.2) is 24.3 Å². The summed E-state index contributed by atoms with van der Waals surface area (Å²) in [5.41, 5.74) is 1.15. The lowest BCUT2D eigenvalue weighted by atomic mass is 10.2. The molecule has 0 amide bonds. The number of anilines is 1. The number of ether oxygens (including phenoxy) is 1. The molecule has 1 aromatic carbocycles. The number of carbonyl (C=O) groups is 1. The van der Waals surface area contributed by atoms with Crippen LogP contribution in [0, 0.1) is 0 Å². The molecule has 1 atom stereocenters. The van der Waals surface area contributed by atoms with E-state index in [2.05, 4.69) is 16.3 Å². The Morgan fingerprint density at radius 2 is 2.42 bits per heavy atom. The zero-order valence-electron chi connectivity index (χ0n) is 11.1. The smallest absolute Gasteiger partial charge is 0.304 e. The summed E-state index contributed by atoms with van der Waals surface area (Å²) in [5, 5.41) is 11.9. The van der Waals surface area contributed by atoms with Crippen molar-refractivity contribution in [2.24, 2.45) is 0 Å². The van der Waals surface area contributed by atoms with Crippen molar-refractivity contribution in [1.82, 2.24) is 5.32 Å². The minimum Gasteiger partial charge on any atom is -0.497 e. The lowest BCUT2D eigenvalue weighted by molar-refractivity contribution is -0.136. The molecule has 0 aromatic heterocycles. The van der Waals surface area contributed by atoms with Crippen LogP contribution in [0.4, 0.5) is 5.69 Å². The van der Waals surface area contributed by atoms with E-state index in [1.54, 1.807) is 7.11 Å². The van der Waals surface area contributed by atoms with E-state index in [9.17, 15) is 4.79 Å². The molecule has 19 heavy (non-hydrogen) atoms. The Morgan fingerprint density at radius 1 is 1.58 bits per heavy atom. The topological polar surface area (TPSA) is 61.8 Å². The van der Waals surface area contributed by atoms with Crippen molar-refractivity contribution in [2.75, 3.05) is 31.6 Å². The second-order valence-corrected chi connectivity index (χ2v) is 4.73. The van der Waals surface area contributed by atoms with Crippen LogP contribution in [-0.4, -0.2) is 43.9 Å². The molecule has 1 fully saturated rings. The first-order valence-corrected chi connectivity index (χ1v) is 6.53. The number of benzene rings is 1. The van der Waals surface area contributed by atoms with Crippen LogP contribution in [0.25, 0.3) is 0 Å². The van der Waals surface area contributed by atoms with Gasteiger partial charge in [-0.15, -0.1) is 0 Å². The summed E-state index contributed by atoms with van der Waals surface area (Å²) in [6.07, 6.45) is 1.21. The maximum absolute atomic E-state index is 10.5. The zero-order valence-corrected chi connectivity index (χ0v) is 11.1. The molecule has 1 aliphatic rings. The predicted octanol–water partition coefficient (Wildman–Crippen LogP) is 1.34. The Labute approximate surface area is 113 Å². The van der Waals surface area contributed by atoms with E-state index < -0.39 is 5.97 Å². The fourth-order valence-corrected chi connectivity index (χ4v) is 2.35. The fraction of sp³-hybridized carbons (Fsp3) is 0.500. The minimum absolute atomic E-state index is 0.176. The number of hydrogen-bond acceptors (Lipinski definition) is 4. The standard InChI is InChI=1S/C14H20N2O3/c1-19-13-4-2-3-12(9-13)16-8-6-11(10-16)15-7-5-14(17)18/h2-4,9,11,15H,5-8,10H2,1H3,(H,17,18). The maximum atomic E-state index is 10.5. The third-order valence-corrected chi connectivity index (χ3v) is 3.38. The minimum atomic E-state index is -0.754. The average molecular weight is 264 g/mol. The van der Waals surface area contributed by atoms with Crippen LogP contribution in [0.2, 0.25) is 0 Å². The van der Waals surface area contributed by atoms with Crippen LogP contribution >= 0.6 is 0 Å². The summed E-state index contributed by atoms with van der Waals surface area (Å²) in [5.74, 6) is 0.106. The van der Waals surface area contributed by atoms with Gasteiger partial charge in [-0.1, -0.05) is 6.07 Å². The summed E-state index contributed by atoms with van der Waals surface area (Å²) < 4.78 is 5.22. The summed E-state index contributed by atoms with van der Waals surface area (Å²) in [7, 11) is 1.67. The summed E-state index contributed by atoms with van der Waals surface area (Å²) in [6, 6.07) is 8.38. The van der Waals surface area contributed by atoms with Gasteiger partial charge in [-0.25, -0.2) is 0 Å². The summed E-state index contributed by atoms with van der Waals surface area (Å²) >= 11 is 0. The molecule has 0 saturated carbocycles. The van der Waals surface area contributed by atoms with Crippen LogP contribution in [0.1, 0.15) is 12.8 Å². The molecule has 5 heteroatoms. The van der Waals surface area contributed by atoms with Gasteiger partial charge < -0.3 is 20.1 Å². The van der Waals surface area contributed by atoms with Gasteiger partial charge in [0.2, 0.25) is 0 Å². The van der Waals surface area contributed by atoms with Gasteiger partial charge in [-0.05, 0) is 18.6 Å². The third kappa shape index (κ3) is 3.86. The second kappa shape index (κ2) is 6.43. The maximum Gasteiger partial charge on any atom is 0.304 e. The van der Waals surface area contributed by atoms with Crippen molar-refractivity contribution in [1.29, 1.82) is 0 Å². The van der Waals surface area contributed by atoms with Crippen LogP contribution < -0.4 is 15.0 Å². The number of methoxy groups -OCH3 is 1. The van der Waals surface area contributed by atoms with E-state index in [1.165, 1.54) is 0 Å². The molecule has 1 heterocycles. The number of rotatable bonds is 6. The van der Waals surface area contributed by atoms with Crippen molar-refractivity contribution in [3.8, 4) is 5.75 Å². The monoisotopic (exact) mass is 264 g/mol. The molecule has 1 unspecified atom stereocenters. The second-order valence-electron chi connectivity index (χ2n) is 4.73. The average Bonchev–Trinajstić information content (AvgIpc) is 2.87.